The molecule has 0 bridgehead atoms. The third-order valence-electron chi connectivity index (χ3n) is 3.55. The van der Waals surface area contributed by atoms with Gasteiger partial charge in [-0.15, -0.1) is 11.6 Å². The van der Waals surface area contributed by atoms with E-state index in [-0.39, 0.29) is 11.2 Å². The largest absolute Gasteiger partial charge is 0.304 e. The zero-order valence-electron chi connectivity index (χ0n) is 12.4. The maximum absolute atomic E-state index is 13.3. The number of likely N-dealkylation sites (N-methyl/N-ethyl adjacent to an activating group) is 1. The van der Waals surface area contributed by atoms with Gasteiger partial charge in [-0.25, -0.2) is 4.39 Å². The maximum Gasteiger partial charge on any atom is 0.126 e. The van der Waals surface area contributed by atoms with Crippen LogP contribution < -0.4 is 0 Å². The fourth-order valence-electron chi connectivity index (χ4n) is 2.20. The van der Waals surface area contributed by atoms with Gasteiger partial charge in [-0.05, 0) is 55.3 Å². The van der Waals surface area contributed by atoms with Crippen LogP contribution in [0.15, 0.2) is 42.7 Å². The van der Waals surface area contributed by atoms with Crippen molar-refractivity contribution in [1.82, 2.24) is 9.88 Å². The van der Waals surface area contributed by atoms with Crippen molar-refractivity contribution in [1.29, 1.82) is 0 Å². The summed E-state index contributed by atoms with van der Waals surface area (Å²) >= 11 is 6.43. The third-order valence-corrected chi connectivity index (χ3v) is 3.94. The minimum atomic E-state index is -0.186. The fraction of sp³-hybridized carbons (Fsp3) is 0.353. The summed E-state index contributed by atoms with van der Waals surface area (Å²) in [5.74, 6) is -0.186. The van der Waals surface area contributed by atoms with Crippen LogP contribution in [0.25, 0.3) is 0 Å². The van der Waals surface area contributed by atoms with Crippen molar-refractivity contribution in [3.63, 3.8) is 0 Å². The Balaban J connectivity index is 1.86. The van der Waals surface area contributed by atoms with Crippen molar-refractivity contribution in [3.05, 3.63) is 65.2 Å². The van der Waals surface area contributed by atoms with E-state index in [0.717, 1.165) is 25.1 Å². The minimum absolute atomic E-state index is 0.133. The lowest BCUT2D eigenvalue weighted by atomic mass is 10.1. The van der Waals surface area contributed by atoms with Gasteiger partial charge in [0.1, 0.15) is 5.82 Å². The summed E-state index contributed by atoms with van der Waals surface area (Å²) in [6, 6.07) is 9.11. The first-order valence-electron chi connectivity index (χ1n) is 7.04. The highest BCUT2D eigenvalue weighted by Gasteiger charge is 2.12. The quantitative estimate of drug-likeness (QED) is 0.750. The molecule has 0 aliphatic carbocycles. The first-order valence-corrected chi connectivity index (χ1v) is 7.47. The van der Waals surface area contributed by atoms with E-state index in [0.29, 0.717) is 5.56 Å². The van der Waals surface area contributed by atoms with Crippen molar-refractivity contribution >= 4 is 11.6 Å². The molecule has 0 saturated heterocycles. The molecule has 0 aliphatic heterocycles. The van der Waals surface area contributed by atoms with Gasteiger partial charge in [-0.3, -0.25) is 4.98 Å². The Kier molecular flexibility index (Phi) is 5.71. The molecule has 0 fully saturated rings. The topological polar surface area (TPSA) is 16.1 Å². The standard InChI is InChI=1S/C17H20ClFN2/c1-13-11-15(3-4-17(13)19)16(18)12-21(2)10-7-14-5-8-20-9-6-14/h3-6,8-9,11,16H,7,10,12H2,1-2H3. The molecular weight excluding hydrogens is 287 g/mol. The molecule has 0 saturated carbocycles. The predicted molar refractivity (Wildman–Crippen MR) is 85.2 cm³/mol. The molecular formula is C17H20ClFN2. The summed E-state index contributed by atoms with van der Waals surface area (Å²) in [4.78, 5) is 6.20. The van der Waals surface area contributed by atoms with Gasteiger partial charge in [0.2, 0.25) is 0 Å². The van der Waals surface area contributed by atoms with E-state index in [1.807, 2.05) is 25.2 Å². The molecule has 2 aromatic rings. The summed E-state index contributed by atoms with van der Waals surface area (Å²) in [6.07, 6.45) is 4.58. The normalized spacial score (nSPS) is 12.6. The number of nitrogens with zero attached hydrogens (tertiary/aromatic N) is 2. The number of benzene rings is 1. The number of aryl methyl sites for hydroxylation is 1. The summed E-state index contributed by atoms with van der Waals surface area (Å²) in [5, 5.41) is -0.133. The van der Waals surface area contributed by atoms with Crippen LogP contribution in [0.2, 0.25) is 0 Å². The highest BCUT2D eigenvalue weighted by molar-refractivity contribution is 6.21. The fourth-order valence-corrected chi connectivity index (χ4v) is 2.57. The molecule has 0 aliphatic rings. The average Bonchev–Trinajstić information content (AvgIpc) is 2.49. The Labute approximate surface area is 130 Å². The summed E-state index contributed by atoms with van der Waals surface area (Å²) < 4.78 is 13.3. The van der Waals surface area contributed by atoms with E-state index < -0.39 is 0 Å². The van der Waals surface area contributed by atoms with Crippen molar-refractivity contribution in [2.45, 2.75) is 18.7 Å². The monoisotopic (exact) mass is 306 g/mol. The lowest BCUT2D eigenvalue weighted by Crippen LogP contribution is -2.25. The second-order valence-corrected chi connectivity index (χ2v) is 5.87. The van der Waals surface area contributed by atoms with E-state index in [1.54, 1.807) is 25.4 Å². The molecule has 1 aromatic carbocycles. The van der Waals surface area contributed by atoms with Crippen LogP contribution >= 0.6 is 11.6 Å². The second-order valence-electron chi connectivity index (χ2n) is 5.34. The van der Waals surface area contributed by atoms with Crippen LogP contribution in [-0.4, -0.2) is 30.0 Å². The van der Waals surface area contributed by atoms with Gasteiger partial charge < -0.3 is 4.90 Å². The van der Waals surface area contributed by atoms with E-state index in [9.17, 15) is 4.39 Å². The molecule has 0 amide bonds. The molecule has 1 aromatic heterocycles. The zero-order valence-corrected chi connectivity index (χ0v) is 13.1. The van der Waals surface area contributed by atoms with Crippen LogP contribution in [0.4, 0.5) is 4.39 Å². The van der Waals surface area contributed by atoms with Crippen molar-refractivity contribution in [3.8, 4) is 0 Å². The van der Waals surface area contributed by atoms with E-state index in [1.165, 1.54) is 11.6 Å². The lowest BCUT2D eigenvalue weighted by molar-refractivity contribution is 0.338. The molecule has 0 radical (unpaired) electrons. The number of aromatic nitrogens is 1. The van der Waals surface area contributed by atoms with Crippen molar-refractivity contribution in [2.24, 2.45) is 0 Å². The van der Waals surface area contributed by atoms with Crippen LogP contribution in [0.3, 0.4) is 0 Å². The summed E-state index contributed by atoms with van der Waals surface area (Å²) in [6.45, 7) is 3.42. The van der Waals surface area contributed by atoms with Gasteiger partial charge in [-0.2, -0.15) is 0 Å². The minimum Gasteiger partial charge on any atom is -0.304 e. The molecule has 112 valence electrons. The smallest absolute Gasteiger partial charge is 0.126 e. The third kappa shape index (κ3) is 4.80. The Morgan fingerprint density at radius 2 is 1.95 bits per heavy atom. The number of halogens is 2. The second kappa shape index (κ2) is 7.53. The number of hydrogen-bond acceptors (Lipinski definition) is 2. The van der Waals surface area contributed by atoms with Crippen molar-refractivity contribution in [2.75, 3.05) is 20.1 Å². The first-order chi connectivity index (χ1) is 10.1. The molecule has 21 heavy (non-hydrogen) atoms. The Bertz CT molecular complexity index is 574. The predicted octanol–water partition coefficient (Wildman–Crippen LogP) is 3.98. The lowest BCUT2D eigenvalue weighted by Gasteiger charge is -2.20. The summed E-state index contributed by atoms with van der Waals surface area (Å²) in [7, 11) is 2.05. The molecule has 0 spiro atoms. The molecule has 1 atom stereocenters. The Morgan fingerprint density at radius 3 is 2.62 bits per heavy atom. The highest BCUT2D eigenvalue weighted by atomic mass is 35.5. The number of alkyl halides is 1. The molecule has 2 rings (SSSR count). The summed E-state index contributed by atoms with van der Waals surface area (Å²) in [5.41, 5.74) is 2.87. The first kappa shape index (κ1) is 15.9. The highest BCUT2D eigenvalue weighted by Crippen LogP contribution is 2.23. The van der Waals surface area contributed by atoms with Crippen LogP contribution in [0.5, 0.6) is 0 Å². The van der Waals surface area contributed by atoms with Crippen LogP contribution in [0.1, 0.15) is 22.1 Å². The maximum atomic E-state index is 13.3. The van der Waals surface area contributed by atoms with Gasteiger partial charge >= 0.3 is 0 Å². The molecule has 1 unspecified atom stereocenters. The van der Waals surface area contributed by atoms with E-state index in [2.05, 4.69) is 9.88 Å². The zero-order chi connectivity index (χ0) is 15.2. The Hall–Kier alpha value is -1.45. The van der Waals surface area contributed by atoms with E-state index >= 15 is 0 Å². The van der Waals surface area contributed by atoms with Gasteiger partial charge in [0.25, 0.3) is 0 Å². The number of pyridine rings is 1. The van der Waals surface area contributed by atoms with Gasteiger partial charge in [0.15, 0.2) is 0 Å². The SMILES string of the molecule is Cc1cc(C(Cl)CN(C)CCc2ccncc2)ccc1F. The van der Waals surface area contributed by atoms with E-state index in [4.69, 9.17) is 11.6 Å². The van der Waals surface area contributed by atoms with Crippen LogP contribution in [-0.2, 0) is 6.42 Å². The number of rotatable bonds is 6. The van der Waals surface area contributed by atoms with Gasteiger partial charge in [-0.1, -0.05) is 12.1 Å². The molecule has 1 heterocycles. The molecule has 0 N–H and O–H groups in total. The molecule has 2 nitrogen and oxygen atoms in total. The van der Waals surface area contributed by atoms with Crippen molar-refractivity contribution < 1.29 is 4.39 Å². The van der Waals surface area contributed by atoms with Gasteiger partial charge in [0.05, 0.1) is 5.38 Å². The Morgan fingerprint density at radius 1 is 1.24 bits per heavy atom. The average molecular weight is 307 g/mol. The number of hydrogen-bond donors (Lipinski definition) is 0. The van der Waals surface area contributed by atoms with Gasteiger partial charge in [0, 0.05) is 25.5 Å². The van der Waals surface area contributed by atoms with Crippen LogP contribution in [0, 0.1) is 12.7 Å². The molecule has 4 heteroatoms.